The Morgan fingerprint density at radius 2 is 2.26 bits per heavy atom. The molecule has 0 unspecified atom stereocenters. The van der Waals surface area contributed by atoms with E-state index in [1.807, 2.05) is 35.9 Å². The van der Waals surface area contributed by atoms with Crippen LogP contribution < -0.4 is 14.8 Å². The summed E-state index contributed by atoms with van der Waals surface area (Å²) in [7, 11) is 1.77. The summed E-state index contributed by atoms with van der Waals surface area (Å²) in [5.74, 6) is 1.47. The lowest BCUT2D eigenvalue weighted by molar-refractivity contribution is 0.174. The van der Waals surface area contributed by atoms with Crippen molar-refractivity contribution in [2.75, 3.05) is 13.8 Å². The van der Waals surface area contributed by atoms with Gasteiger partial charge in [0.15, 0.2) is 11.5 Å². The number of fused-ring (bicyclic) bond motifs is 1. The molecule has 1 aliphatic heterocycles. The number of aromatic nitrogens is 2. The van der Waals surface area contributed by atoms with E-state index in [2.05, 4.69) is 10.3 Å². The number of hydrogen-bond acceptors (Lipinski definition) is 4. The van der Waals surface area contributed by atoms with Crippen LogP contribution in [0.2, 0.25) is 0 Å². The van der Waals surface area contributed by atoms with Crippen molar-refractivity contribution in [2.45, 2.75) is 26.1 Å². The monoisotopic (exact) mass is 316 g/mol. The highest BCUT2D eigenvalue weighted by molar-refractivity contribution is 5.74. The molecule has 1 aliphatic rings. The minimum Gasteiger partial charge on any atom is -0.454 e. The van der Waals surface area contributed by atoms with Crippen LogP contribution in [0.1, 0.15) is 12.5 Å². The van der Waals surface area contributed by atoms with Crippen LogP contribution in [0, 0.1) is 0 Å². The van der Waals surface area contributed by atoms with Gasteiger partial charge in [-0.05, 0) is 24.6 Å². The number of amides is 2. The highest BCUT2D eigenvalue weighted by Gasteiger charge is 2.16. The largest absolute Gasteiger partial charge is 0.454 e. The number of carbonyl (C=O) groups excluding carboxylic acids is 1. The Labute approximate surface area is 134 Å². The molecule has 0 radical (unpaired) electrons. The molecule has 0 saturated heterocycles. The van der Waals surface area contributed by atoms with Gasteiger partial charge in [0.2, 0.25) is 6.79 Å². The fourth-order valence-electron chi connectivity index (χ4n) is 2.46. The van der Waals surface area contributed by atoms with Crippen molar-refractivity contribution in [1.29, 1.82) is 0 Å². The number of rotatable bonds is 5. The molecule has 1 N–H and O–H groups in total. The van der Waals surface area contributed by atoms with E-state index >= 15 is 0 Å². The van der Waals surface area contributed by atoms with Crippen molar-refractivity contribution in [3.8, 4) is 11.5 Å². The summed E-state index contributed by atoms with van der Waals surface area (Å²) < 4.78 is 12.6. The molecule has 7 heteroatoms. The van der Waals surface area contributed by atoms with Crippen LogP contribution in [0.5, 0.6) is 11.5 Å². The first kappa shape index (κ1) is 15.2. The van der Waals surface area contributed by atoms with E-state index in [9.17, 15) is 4.79 Å². The topological polar surface area (TPSA) is 68.6 Å². The maximum atomic E-state index is 12.3. The Balaban J connectivity index is 1.53. The fraction of sp³-hybridized carbons (Fsp3) is 0.375. The predicted octanol–water partition coefficient (Wildman–Crippen LogP) is 1.84. The lowest BCUT2D eigenvalue weighted by Gasteiger charge is -2.21. The molecule has 1 aromatic heterocycles. The van der Waals surface area contributed by atoms with Crippen molar-refractivity contribution < 1.29 is 14.3 Å². The molecule has 7 nitrogen and oxygen atoms in total. The van der Waals surface area contributed by atoms with E-state index in [4.69, 9.17) is 9.47 Å². The first-order chi connectivity index (χ1) is 11.1. The van der Waals surface area contributed by atoms with Gasteiger partial charge in [-0.15, -0.1) is 0 Å². The van der Waals surface area contributed by atoms with Gasteiger partial charge < -0.3 is 24.3 Å². The van der Waals surface area contributed by atoms with Crippen molar-refractivity contribution in [3.63, 3.8) is 0 Å². The van der Waals surface area contributed by atoms with Gasteiger partial charge in [-0.1, -0.05) is 6.07 Å². The van der Waals surface area contributed by atoms with Crippen LogP contribution in [0.3, 0.4) is 0 Å². The van der Waals surface area contributed by atoms with Gasteiger partial charge in [0, 0.05) is 38.6 Å². The third-order valence-electron chi connectivity index (χ3n) is 3.62. The Hall–Kier alpha value is -2.70. The van der Waals surface area contributed by atoms with Gasteiger partial charge in [-0.2, -0.15) is 0 Å². The molecule has 0 saturated carbocycles. The van der Waals surface area contributed by atoms with Gasteiger partial charge in [-0.25, -0.2) is 9.78 Å². The van der Waals surface area contributed by atoms with E-state index in [1.54, 1.807) is 24.5 Å². The van der Waals surface area contributed by atoms with Crippen LogP contribution in [0.25, 0.3) is 0 Å². The van der Waals surface area contributed by atoms with Crippen LogP contribution in [-0.4, -0.2) is 40.4 Å². The van der Waals surface area contributed by atoms with Crippen LogP contribution in [-0.2, 0) is 13.1 Å². The minimum absolute atomic E-state index is 0.0101. The third-order valence-corrected chi connectivity index (χ3v) is 3.62. The molecule has 2 aromatic rings. The maximum absolute atomic E-state index is 12.3. The van der Waals surface area contributed by atoms with Crippen LogP contribution in [0.4, 0.5) is 4.79 Å². The van der Waals surface area contributed by atoms with Gasteiger partial charge in [0.25, 0.3) is 0 Å². The molecule has 2 amide bonds. The van der Waals surface area contributed by atoms with Gasteiger partial charge in [0.05, 0.1) is 6.33 Å². The molecule has 2 heterocycles. The Morgan fingerprint density at radius 3 is 3.04 bits per heavy atom. The number of nitrogens with one attached hydrogen (secondary N) is 1. The molecular weight excluding hydrogens is 296 g/mol. The molecule has 122 valence electrons. The molecule has 0 spiro atoms. The van der Waals surface area contributed by atoms with Crippen molar-refractivity contribution >= 4 is 6.03 Å². The first-order valence-electron chi connectivity index (χ1n) is 7.47. The molecule has 0 fully saturated rings. The molecule has 23 heavy (non-hydrogen) atoms. The number of hydrogen-bond donors (Lipinski definition) is 1. The van der Waals surface area contributed by atoms with Crippen LogP contribution >= 0.6 is 0 Å². The van der Waals surface area contributed by atoms with Gasteiger partial charge in [-0.3, -0.25) is 0 Å². The highest BCUT2D eigenvalue weighted by Crippen LogP contribution is 2.32. The van der Waals surface area contributed by atoms with E-state index in [1.165, 1.54) is 0 Å². The standard InChI is InChI=1S/C16H20N4O3/c1-12(8-20-6-5-17-10-20)18-16(21)19(2)9-13-3-4-14-15(7-13)23-11-22-14/h3-7,10,12H,8-9,11H2,1-2H3,(H,18,21)/t12-/m0/s1. The fourth-order valence-corrected chi connectivity index (χ4v) is 2.46. The average Bonchev–Trinajstić information content (AvgIpc) is 3.17. The summed E-state index contributed by atoms with van der Waals surface area (Å²) >= 11 is 0. The van der Waals surface area contributed by atoms with Crippen LogP contribution in [0.15, 0.2) is 36.9 Å². The summed E-state index contributed by atoms with van der Waals surface area (Å²) in [5, 5.41) is 2.97. The zero-order valence-corrected chi connectivity index (χ0v) is 13.2. The summed E-state index contributed by atoms with van der Waals surface area (Å²) in [4.78, 5) is 17.9. The Kier molecular flexibility index (Phi) is 4.36. The second kappa shape index (κ2) is 6.60. The number of imidazole rings is 1. The second-order valence-electron chi connectivity index (χ2n) is 5.65. The normalized spacial score (nSPS) is 13.7. The summed E-state index contributed by atoms with van der Waals surface area (Å²) in [6.45, 7) is 3.40. The zero-order valence-electron chi connectivity index (χ0n) is 13.2. The number of nitrogens with zero attached hydrogens (tertiary/aromatic N) is 3. The molecule has 1 atom stereocenters. The minimum atomic E-state index is -0.115. The summed E-state index contributed by atoms with van der Waals surface area (Å²) in [6.07, 6.45) is 5.33. The molecule has 0 bridgehead atoms. The van der Waals surface area contributed by atoms with Crippen molar-refractivity contribution in [1.82, 2.24) is 19.8 Å². The number of carbonyl (C=O) groups is 1. The average molecular weight is 316 g/mol. The molecular formula is C16H20N4O3. The SMILES string of the molecule is C[C@@H](Cn1ccnc1)NC(=O)N(C)Cc1ccc2c(c1)OCO2. The number of ether oxygens (including phenoxy) is 2. The first-order valence-corrected chi connectivity index (χ1v) is 7.47. The number of urea groups is 1. The van der Waals surface area contributed by atoms with E-state index in [0.717, 1.165) is 17.1 Å². The molecule has 1 aromatic carbocycles. The third kappa shape index (κ3) is 3.74. The van der Waals surface area contributed by atoms with Gasteiger partial charge >= 0.3 is 6.03 Å². The molecule has 0 aliphatic carbocycles. The summed E-state index contributed by atoms with van der Waals surface area (Å²) in [5.41, 5.74) is 0.995. The number of benzene rings is 1. The Morgan fingerprint density at radius 1 is 1.43 bits per heavy atom. The lowest BCUT2D eigenvalue weighted by atomic mass is 10.2. The summed E-state index contributed by atoms with van der Waals surface area (Å²) in [6, 6.07) is 5.60. The maximum Gasteiger partial charge on any atom is 0.317 e. The quantitative estimate of drug-likeness (QED) is 0.914. The Bertz CT molecular complexity index is 672. The van der Waals surface area contributed by atoms with Crippen molar-refractivity contribution in [3.05, 3.63) is 42.5 Å². The van der Waals surface area contributed by atoms with Crippen molar-refractivity contribution in [2.24, 2.45) is 0 Å². The van der Waals surface area contributed by atoms with Gasteiger partial charge in [0.1, 0.15) is 0 Å². The smallest absolute Gasteiger partial charge is 0.317 e. The van der Waals surface area contributed by atoms with E-state index in [-0.39, 0.29) is 18.9 Å². The van der Waals surface area contributed by atoms with E-state index in [0.29, 0.717) is 13.1 Å². The highest BCUT2D eigenvalue weighted by atomic mass is 16.7. The predicted molar refractivity (Wildman–Crippen MR) is 84.3 cm³/mol. The lowest BCUT2D eigenvalue weighted by Crippen LogP contribution is -2.43. The molecule has 3 rings (SSSR count). The zero-order chi connectivity index (χ0) is 16.2. The van der Waals surface area contributed by atoms with E-state index < -0.39 is 0 Å². The second-order valence-corrected chi connectivity index (χ2v) is 5.65.